The van der Waals surface area contributed by atoms with Crippen molar-refractivity contribution in [2.45, 2.75) is 64.5 Å². The van der Waals surface area contributed by atoms with Gasteiger partial charge in [-0.3, -0.25) is 0 Å². The molecule has 30 heavy (non-hydrogen) atoms. The van der Waals surface area contributed by atoms with E-state index in [0.29, 0.717) is 26.2 Å². The molecule has 1 saturated carbocycles. The minimum absolute atomic E-state index is 0.0322. The van der Waals surface area contributed by atoms with Crippen LogP contribution in [0.15, 0.2) is 60.7 Å². The summed E-state index contributed by atoms with van der Waals surface area (Å²) < 4.78 is 12.3. The fraction of sp³-hybridized carbons (Fsp3) is 0.480. The minimum atomic E-state index is -0.875. The second-order valence-corrected chi connectivity index (χ2v) is 9.04. The number of benzene rings is 2. The summed E-state index contributed by atoms with van der Waals surface area (Å²) in [6.07, 6.45) is 0.531. The first-order valence-electron chi connectivity index (χ1n) is 10.6. The van der Waals surface area contributed by atoms with Crippen molar-refractivity contribution in [2.24, 2.45) is 5.92 Å². The maximum atomic E-state index is 12.0. The third-order valence-corrected chi connectivity index (χ3v) is 5.65. The van der Waals surface area contributed by atoms with E-state index in [0.717, 1.165) is 17.5 Å². The molecule has 5 heteroatoms. The third-order valence-electron chi connectivity index (χ3n) is 5.65. The number of hydrogen-bond acceptors (Lipinski definition) is 3. The molecule has 0 heterocycles. The van der Waals surface area contributed by atoms with E-state index in [1.165, 1.54) is 0 Å². The Hall–Kier alpha value is -2.37. The molecule has 1 N–H and O–H groups in total. The second-order valence-electron chi connectivity index (χ2n) is 9.04. The predicted molar refractivity (Wildman–Crippen MR) is 117 cm³/mol. The molecule has 0 aliphatic heterocycles. The SMILES string of the molecule is CC(C)(C)N(C(=O)O)[C@@H]1C[C@H](COCc2ccccc2)[C@@H](OCc2ccccc2)C1. The van der Waals surface area contributed by atoms with Crippen molar-refractivity contribution in [2.75, 3.05) is 6.61 Å². The molecule has 0 saturated heterocycles. The first-order valence-corrected chi connectivity index (χ1v) is 10.6. The van der Waals surface area contributed by atoms with Gasteiger partial charge in [0.2, 0.25) is 0 Å². The van der Waals surface area contributed by atoms with Crippen LogP contribution in [0.25, 0.3) is 0 Å². The van der Waals surface area contributed by atoms with Gasteiger partial charge in [-0.2, -0.15) is 0 Å². The zero-order valence-electron chi connectivity index (χ0n) is 18.2. The molecule has 2 aromatic carbocycles. The van der Waals surface area contributed by atoms with E-state index in [2.05, 4.69) is 0 Å². The molecule has 0 aromatic heterocycles. The lowest BCUT2D eigenvalue weighted by atomic mass is 10.0. The van der Waals surface area contributed by atoms with Gasteiger partial charge in [-0.1, -0.05) is 60.7 Å². The van der Waals surface area contributed by atoms with E-state index in [9.17, 15) is 9.90 Å². The van der Waals surface area contributed by atoms with Crippen molar-refractivity contribution in [3.8, 4) is 0 Å². The summed E-state index contributed by atoms with van der Waals surface area (Å²) in [7, 11) is 0. The number of carbonyl (C=O) groups is 1. The van der Waals surface area contributed by atoms with Crippen LogP contribution in [0.2, 0.25) is 0 Å². The Morgan fingerprint density at radius 2 is 1.53 bits per heavy atom. The molecule has 0 unspecified atom stereocenters. The van der Waals surface area contributed by atoms with E-state index < -0.39 is 11.6 Å². The first-order chi connectivity index (χ1) is 14.3. The highest BCUT2D eigenvalue weighted by Gasteiger charge is 2.43. The standard InChI is InChI=1S/C25H33NO4/c1-25(2,3)26(24(27)28)22-14-21(18-29-16-19-10-6-4-7-11-19)23(15-22)30-17-20-12-8-5-9-13-20/h4-13,21-23H,14-18H2,1-3H3,(H,27,28)/t21-,22-,23+/m1/s1. The van der Waals surface area contributed by atoms with Gasteiger partial charge >= 0.3 is 6.09 Å². The van der Waals surface area contributed by atoms with E-state index in [1.54, 1.807) is 4.90 Å². The molecule has 0 bridgehead atoms. The largest absolute Gasteiger partial charge is 0.465 e. The van der Waals surface area contributed by atoms with Crippen molar-refractivity contribution in [1.82, 2.24) is 4.90 Å². The van der Waals surface area contributed by atoms with Crippen molar-refractivity contribution in [3.05, 3.63) is 71.8 Å². The maximum absolute atomic E-state index is 12.0. The van der Waals surface area contributed by atoms with Crippen LogP contribution in [0.5, 0.6) is 0 Å². The van der Waals surface area contributed by atoms with Crippen LogP contribution in [0.3, 0.4) is 0 Å². The quantitative estimate of drug-likeness (QED) is 0.636. The van der Waals surface area contributed by atoms with Crippen LogP contribution in [0, 0.1) is 5.92 Å². The molecule has 2 aromatic rings. The van der Waals surface area contributed by atoms with Gasteiger partial charge in [-0.15, -0.1) is 0 Å². The van der Waals surface area contributed by atoms with Gasteiger partial charge in [0.15, 0.2) is 0 Å². The zero-order valence-corrected chi connectivity index (χ0v) is 18.2. The lowest BCUT2D eigenvalue weighted by Gasteiger charge is -2.38. The highest BCUT2D eigenvalue weighted by molar-refractivity contribution is 5.66. The lowest BCUT2D eigenvalue weighted by molar-refractivity contribution is -0.0196. The minimum Gasteiger partial charge on any atom is -0.465 e. The maximum Gasteiger partial charge on any atom is 0.407 e. The molecule has 1 amide bonds. The van der Waals surface area contributed by atoms with Gasteiger partial charge in [0.1, 0.15) is 0 Å². The molecule has 1 aliphatic carbocycles. The summed E-state index contributed by atoms with van der Waals surface area (Å²) in [4.78, 5) is 13.6. The fourth-order valence-electron chi connectivity index (χ4n) is 4.32. The average Bonchev–Trinajstić information content (AvgIpc) is 3.08. The first kappa shape index (κ1) is 22.3. The number of carboxylic acid groups (broad SMARTS) is 1. The zero-order chi connectivity index (χ0) is 21.6. The normalized spacial score (nSPS) is 21.5. The number of ether oxygens (including phenoxy) is 2. The van der Waals surface area contributed by atoms with E-state index in [4.69, 9.17) is 9.47 Å². The van der Waals surface area contributed by atoms with Crippen molar-refractivity contribution >= 4 is 6.09 Å². The fourth-order valence-corrected chi connectivity index (χ4v) is 4.32. The van der Waals surface area contributed by atoms with Gasteiger partial charge in [-0.25, -0.2) is 4.79 Å². The molecule has 0 radical (unpaired) electrons. The number of hydrogen-bond donors (Lipinski definition) is 1. The smallest absolute Gasteiger partial charge is 0.407 e. The van der Waals surface area contributed by atoms with Crippen molar-refractivity contribution in [3.63, 3.8) is 0 Å². The van der Waals surface area contributed by atoms with Gasteiger partial charge < -0.3 is 19.5 Å². The molecule has 0 spiro atoms. The summed E-state index contributed by atoms with van der Waals surface area (Å²) in [6, 6.07) is 20.1. The molecule has 3 atom stereocenters. The second kappa shape index (κ2) is 10.1. The van der Waals surface area contributed by atoms with Gasteiger partial charge in [0.25, 0.3) is 0 Å². The summed E-state index contributed by atoms with van der Waals surface area (Å²) in [5, 5.41) is 9.83. The van der Waals surface area contributed by atoms with E-state index in [1.807, 2.05) is 81.4 Å². The number of nitrogens with zero attached hydrogens (tertiary/aromatic N) is 1. The molecular weight excluding hydrogens is 378 g/mol. The van der Waals surface area contributed by atoms with Crippen LogP contribution >= 0.6 is 0 Å². The number of amides is 1. The Labute approximate surface area is 179 Å². The van der Waals surface area contributed by atoms with Gasteiger partial charge in [0.05, 0.1) is 25.9 Å². The summed E-state index contributed by atoms with van der Waals surface area (Å²) in [5.41, 5.74) is 1.80. The molecule has 162 valence electrons. The van der Waals surface area contributed by atoms with Crippen LogP contribution in [-0.4, -0.2) is 40.4 Å². The van der Waals surface area contributed by atoms with Crippen LogP contribution in [0.4, 0.5) is 4.79 Å². The summed E-state index contributed by atoms with van der Waals surface area (Å²) in [6.45, 7) is 7.47. The molecule has 3 rings (SSSR count). The van der Waals surface area contributed by atoms with Crippen LogP contribution in [0.1, 0.15) is 44.7 Å². The van der Waals surface area contributed by atoms with E-state index >= 15 is 0 Å². The Morgan fingerprint density at radius 1 is 0.967 bits per heavy atom. The Kier molecular flexibility index (Phi) is 7.51. The molecule has 1 fully saturated rings. The average molecular weight is 412 g/mol. The number of rotatable bonds is 8. The Bertz CT molecular complexity index is 788. The van der Waals surface area contributed by atoms with E-state index in [-0.39, 0.29) is 18.1 Å². The molecular formula is C25H33NO4. The Balaban J connectivity index is 1.66. The highest BCUT2D eigenvalue weighted by Crippen LogP contribution is 2.36. The van der Waals surface area contributed by atoms with Crippen molar-refractivity contribution < 1.29 is 19.4 Å². The summed E-state index contributed by atoms with van der Waals surface area (Å²) >= 11 is 0. The predicted octanol–water partition coefficient (Wildman–Crippen LogP) is 5.35. The molecule has 5 nitrogen and oxygen atoms in total. The van der Waals surface area contributed by atoms with Gasteiger partial charge in [0, 0.05) is 17.5 Å². The van der Waals surface area contributed by atoms with Gasteiger partial charge in [-0.05, 0) is 44.7 Å². The lowest BCUT2D eigenvalue weighted by Crippen LogP contribution is -2.50. The van der Waals surface area contributed by atoms with Crippen LogP contribution in [-0.2, 0) is 22.7 Å². The third kappa shape index (κ3) is 6.07. The molecule has 1 aliphatic rings. The Morgan fingerprint density at radius 3 is 2.07 bits per heavy atom. The topological polar surface area (TPSA) is 59.0 Å². The highest BCUT2D eigenvalue weighted by atomic mass is 16.5. The monoisotopic (exact) mass is 411 g/mol. The van der Waals surface area contributed by atoms with Crippen molar-refractivity contribution in [1.29, 1.82) is 0 Å². The summed E-state index contributed by atoms with van der Waals surface area (Å²) in [5.74, 6) is 0.159. The van der Waals surface area contributed by atoms with Crippen LogP contribution < -0.4 is 0 Å².